The average molecular weight is 408 g/mol. The molecule has 3 atom stereocenters. The second-order valence-electron chi connectivity index (χ2n) is 8.79. The number of fused-ring (bicyclic) bond motifs is 1. The van der Waals surface area contributed by atoms with Crippen LogP contribution in [0.5, 0.6) is 5.75 Å². The molecule has 30 heavy (non-hydrogen) atoms. The molecule has 1 aromatic heterocycles. The van der Waals surface area contributed by atoms with Gasteiger partial charge in [0, 0.05) is 24.4 Å². The minimum Gasteiger partial charge on any atom is -0.477 e. The smallest absolute Gasteiger partial charge is 0.263 e. The van der Waals surface area contributed by atoms with Crippen molar-refractivity contribution in [2.45, 2.75) is 69.2 Å². The van der Waals surface area contributed by atoms with Gasteiger partial charge < -0.3 is 20.1 Å². The Kier molecular flexibility index (Phi) is 5.34. The normalized spacial score (nSPS) is 25.9. The minimum absolute atomic E-state index is 0.150. The Hall–Kier alpha value is -2.60. The van der Waals surface area contributed by atoms with Gasteiger partial charge in [-0.1, -0.05) is 31.0 Å². The van der Waals surface area contributed by atoms with Gasteiger partial charge >= 0.3 is 0 Å². The van der Waals surface area contributed by atoms with E-state index in [2.05, 4.69) is 27.3 Å². The molecular formula is C24H29N3O3. The summed E-state index contributed by atoms with van der Waals surface area (Å²) in [6, 6.07) is 11.9. The Bertz CT molecular complexity index is 897. The third-order valence-electron chi connectivity index (χ3n) is 6.43. The second-order valence-corrected chi connectivity index (χ2v) is 8.79. The summed E-state index contributed by atoms with van der Waals surface area (Å²) < 4.78 is 6.05. The van der Waals surface area contributed by atoms with Crippen LogP contribution in [0.15, 0.2) is 42.6 Å². The van der Waals surface area contributed by atoms with Crippen molar-refractivity contribution in [3.63, 3.8) is 0 Å². The molecule has 158 valence electrons. The lowest BCUT2D eigenvalue weighted by molar-refractivity contribution is -0.129. The van der Waals surface area contributed by atoms with E-state index in [0.717, 1.165) is 42.7 Å². The Morgan fingerprint density at radius 2 is 1.97 bits per heavy atom. The molecule has 3 aliphatic rings. The molecule has 1 aliphatic heterocycles. The zero-order chi connectivity index (χ0) is 20.5. The van der Waals surface area contributed by atoms with Crippen molar-refractivity contribution in [3.05, 3.63) is 53.9 Å². The number of aliphatic hydroxyl groups is 1. The number of rotatable bonds is 5. The van der Waals surface area contributed by atoms with Gasteiger partial charge in [0.05, 0.1) is 24.4 Å². The number of carbonyl (C=O) groups excluding carboxylic acids is 1. The number of hydrogen-bond acceptors (Lipinski definition) is 5. The molecule has 2 aromatic rings. The first-order valence-corrected chi connectivity index (χ1v) is 11.1. The summed E-state index contributed by atoms with van der Waals surface area (Å²) in [7, 11) is 0. The summed E-state index contributed by atoms with van der Waals surface area (Å²) in [5.41, 5.74) is 3.30. The van der Waals surface area contributed by atoms with Crippen molar-refractivity contribution in [3.8, 4) is 5.75 Å². The molecule has 2 heterocycles. The number of benzene rings is 1. The Morgan fingerprint density at radius 1 is 1.13 bits per heavy atom. The van der Waals surface area contributed by atoms with Crippen molar-refractivity contribution in [2.24, 2.45) is 0 Å². The third-order valence-corrected chi connectivity index (χ3v) is 6.43. The van der Waals surface area contributed by atoms with E-state index < -0.39 is 12.2 Å². The lowest BCUT2D eigenvalue weighted by Crippen LogP contribution is -2.54. The molecule has 2 fully saturated rings. The molecule has 1 amide bonds. The Balaban J connectivity index is 1.31. The fourth-order valence-corrected chi connectivity index (χ4v) is 4.52. The van der Waals surface area contributed by atoms with E-state index in [-0.39, 0.29) is 11.9 Å². The summed E-state index contributed by atoms with van der Waals surface area (Å²) in [5.74, 6) is 1.21. The zero-order valence-electron chi connectivity index (χ0n) is 17.2. The number of anilines is 1. The van der Waals surface area contributed by atoms with E-state index >= 15 is 0 Å². The summed E-state index contributed by atoms with van der Waals surface area (Å²) in [5, 5.41) is 13.2. The van der Waals surface area contributed by atoms with E-state index in [1.165, 1.54) is 18.5 Å². The fraction of sp³-hybridized carbons (Fsp3) is 0.500. The van der Waals surface area contributed by atoms with Gasteiger partial charge in [-0.15, -0.1) is 0 Å². The number of pyridine rings is 1. The van der Waals surface area contributed by atoms with Crippen molar-refractivity contribution in [1.29, 1.82) is 0 Å². The largest absolute Gasteiger partial charge is 0.477 e. The standard InChI is InChI=1S/C24H29N3O3/c28-21-7-3-1-5-19(21)26-24(29)23-15-27(20-6-2-4-8-22(20)30-23)14-16-9-12-18(25-13-16)17-10-11-17/h2,4,6,8-9,12-13,17,19,21,23,28H,1,3,5,7,10-11,14-15H2,(H,26,29)/t19-,21-,23?/m0/s1. The maximum absolute atomic E-state index is 13.0. The number of hydrogen-bond donors (Lipinski definition) is 2. The monoisotopic (exact) mass is 407 g/mol. The third kappa shape index (κ3) is 4.15. The number of aromatic nitrogens is 1. The van der Waals surface area contributed by atoms with E-state index in [0.29, 0.717) is 19.0 Å². The van der Waals surface area contributed by atoms with E-state index in [1.54, 1.807) is 0 Å². The molecule has 0 spiro atoms. The van der Waals surface area contributed by atoms with Crippen LogP contribution >= 0.6 is 0 Å². The molecule has 1 aromatic carbocycles. The van der Waals surface area contributed by atoms with Crippen molar-refractivity contribution < 1.29 is 14.6 Å². The molecule has 5 rings (SSSR count). The Morgan fingerprint density at radius 3 is 2.73 bits per heavy atom. The van der Waals surface area contributed by atoms with Crippen molar-refractivity contribution >= 4 is 11.6 Å². The van der Waals surface area contributed by atoms with Crippen LogP contribution in [0.4, 0.5) is 5.69 Å². The van der Waals surface area contributed by atoms with E-state index in [4.69, 9.17) is 4.74 Å². The number of nitrogens with one attached hydrogen (secondary N) is 1. The number of para-hydroxylation sites is 2. The molecule has 0 saturated heterocycles. The van der Waals surface area contributed by atoms with Crippen LogP contribution in [-0.4, -0.2) is 40.8 Å². The van der Waals surface area contributed by atoms with Gasteiger partial charge in [-0.2, -0.15) is 0 Å². The topological polar surface area (TPSA) is 74.7 Å². The van der Waals surface area contributed by atoms with E-state index in [9.17, 15) is 9.90 Å². The van der Waals surface area contributed by atoms with Gasteiger partial charge in [-0.05, 0) is 49.4 Å². The zero-order valence-corrected chi connectivity index (χ0v) is 17.2. The van der Waals surface area contributed by atoms with Gasteiger partial charge in [0.1, 0.15) is 5.75 Å². The first-order valence-electron chi connectivity index (χ1n) is 11.1. The van der Waals surface area contributed by atoms with Crippen LogP contribution in [0.3, 0.4) is 0 Å². The molecule has 0 radical (unpaired) electrons. The maximum atomic E-state index is 13.0. The number of aliphatic hydroxyl groups excluding tert-OH is 1. The molecule has 0 bridgehead atoms. The minimum atomic E-state index is -0.604. The summed E-state index contributed by atoms with van der Waals surface area (Å²) in [6.07, 6.45) is 6.99. The summed E-state index contributed by atoms with van der Waals surface area (Å²) >= 11 is 0. The number of nitrogens with zero attached hydrogens (tertiary/aromatic N) is 2. The highest BCUT2D eigenvalue weighted by Crippen LogP contribution is 2.39. The Labute approximate surface area is 177 Å². The molecule has 2 saturated carbocycles. The van der Waals surface area contributed by atoms with Crippen LogP contribution in [0.2, 0.25) is 0 Å². The molecule has 6 nitrogen and oxygen atoms in total. The molecule has 1 unspecified atom stereocenters. The SMILES string of the molecule is O=C(N[C@H]1CCCC[C@@H]1O)C1CN(Cc2ccc(C3CC3)nc2)c2ccccc2O1. The lowest BCUT2D eigenvalue weighted by Gasteiger charge is -2.37. The first kappa shape index (κ1) is 19.4. The van der Waals surface area contributed by atoms with Gasteiger partial charge in [0.25, 0.3) is 5.91 Å². The second kappa shape index (κ2) is 8.26. The predicted octanol–water partition coefficient (Wildman–Crippen LogP) is 3.15. The van der Waals surface area contributed by atoms with Gasteiger partial charge in [0.2, 0.25) is 0 Å². The van der Waals surface area contributed by atoms with Crippen molar-refractivity contribution in [1.82, 2.24) is 10.3 Å². The molecule has 6 heteroatoms. The van der Waals surface area contributed by atoms with Gasteiger partial charge in [-0.25, -0.2) is 0 Å². The highest BCUT2D eigenvalue weighted by molar-refractivity contribution is 5.83. The highest BCUT2D eigenvalue weighted by Gasteiger charge is 2.33. The summed E-state index contributed by atoms with van der Waals surface area (Å²) in [6.45, 7) is 1.14. The highest BCUT2D eigenvalue weighted by atomic mass is 16.5. The maximum Gasteiger partial charge on any atom is 0.263 e. The number of amides is 1. The molecule has 2 aliphatic carbocycles. The van der Waals surface area contributed by atoms with Crippen LogP contribution in [0.1, 0.15) is 55.7 Å². The van der Waals surface area contributed by atoms with Crippen LogP contribution in [-0.2, 0) is 11.3 Å². The van der Waals surface area contributed by atoms with Crippen molar-refractivity contribution in [2.75, 3.05) is 11.4 Å². The first-order chi connectivity index (χ1) is 14.7. The number of carbonyl (C=O) groups is 1. The van der Waals surface area contributed by atoms with Crippen LogP contribution < -0.4 is 15.0 Å². The average Bonchev–Trinajstić information content (AvgIpc) is 3.61. The van der Waals surface area contributed by atoms with E-state index in [1.807, 2.05) is 30.5 Å². The summed E-state index contributed by atoms with van der Waals surface area (Å²) in [4.78, 5) is 19.8. The lowest BCUT2D eigenvalue weighted by atomic mass is 9.92. The molecule has 2 N–H and O–H groups in total. The fourth-order valence-electron chi connectivity index (χ4n) is 4.52. The predicted molar refractivity (Wildman–Crippen MR) is 115 cm³/mol. The van der Waals surface area contributed by atoms with Gasteiger partial charge in [0.15, 0.2) is 6.10 Å². The number of ether oxygens (including phenoxy) is 1. The quantitative estimate of drug-likeness (QED) is 0.797. The van der Waals surface area contributed by atoms with Crippen LogP contribution in [0.25, 0.3) is 0 Å². The molecular weight excluding hydrogens is 378 g/mol. The van der Waals surface area contributed by atoms with Gasteiger partial charge in [-0.3, -0.25) is 9.78 Å². The van der Waals surface area contributed by atoms with Crippen LogP contribution in [0, 0.1) is 0 Å².